The quantitative estimate of drug-likeness (QED) is 0.315. The normalized spacial score (nSPS) is 14.2. The fraction of sp³-hybridized carbons (Fsp3) is 1.00. The van der Waals surface area contributed by atoms with Crippen LogP contribution in [0.15, 0.2) is 0 Å². The van der Waals surface area contributed by atoms with Crippen LogP contribution in [0.4, 0.5) is 0 Å². The van der Waals surface area contributed by atoms with Crippen molar-refractivity contribution in [2.24, 2.45) is 5.73 Å². The smallest absolute Gasteiger partial charge is 0.328 e. The summed E-state index contributed by atoms with van der Waals surface area (Å²) in [5.41, 5.74) is 5.25. The molecule has 0 aromatic carbocycles. The Balaban J connectivity index is 3.20. The molecule has 0 saturated heterocycles. The summed E-state index contributed by atoms with van der Waals surface area (Å²) in [5.74, 6) is 0. The number of unbranched alkanes of at least 4 members (excludes halogenated alkanes) is 11. The molecule has 0 fully saturated rings. The van der Waals surface area contributed by atoms with Gasteiger partial charge in [-0.05, 0) is 6.42 Å². The molecule has 1 unspecified atom stereocenters. The van der Waals surface area contributed by atoms with Crippen molar-refractivity contribution in [2.45, 2.75) is 84.0 Å². The Kier molecular flexibility index (Phi) is 15.1. The third kappa shape index (κ3) is 16.3. The van der Waals surface area contributed by atoms with Gasteiger partial charge in [-0.1, -0.05) is 77.6 Å². The first-order valence-corrected chi connectivity index (χ1v) is 10.5. The van der Waals surface area contributed by atoms with E-state index < -0.39 is 7.60 Å². The molecule has 0 heterocycles. The Morgan fingerprint density at radius 2 is 1.29 bits per heavy atom. The van der Waals surface area contributed by atoms with Gasteiger partial charge in [-0.25, -0.2) is 0 Å². The third-order valence-electron chi connectivity index (χ3n) is 3.71. The van der Waals surface area contributed by atoms with Gasteiger partial charge >= 0.3 is 7.60 Å². The summed E-state index contributed by atoms with van der Waals surface area (Å²) in [6.07, 6.45) is 15.3. The van der Waals surface area contributed by atoms with Crippen LogP contribution >= 0.6 is 7.60 Å². The highest BCUT2D eigenvalue weighted by Crippen LogP contribution is 2.42. The Bertz CT molecular complexity index is 262. The van der Waals surface area contributed by atoms with Crippen LogP contribution in [0, 0.1) is 0 Å². The minimum absolute atomic E-state index is 0.173. The van der Waals surface area contributed by atoms with Gasteiger partial charge in [0, 0.05) is 12.7 Å². The maximum absolute atomic E-state index is 11.5. The van der Waals surface area contributed by atoms with E-state index >= 15 is 0 Å². The molecular formula is C16H36NO3P. The molecule has 0 aliphatic heterocycles. The summed E-state index contributed by atoms with van der Waals surface area (Å²) < 4.78 is 16.4. The van der Waals surface area contributed by atoms with Crippen molar-refractivity contribution in [1.82, 2.24) is 0 Å². The van der Waals surface area contributed by atoms with Gasteiger partial charge in [0.15, 0.2) is 0 Å². The van der Waals surface area contributed by atoms with E-state index in [0.29, 0.717) is 6.54 Å². The highest BCUT2D eigenvalue weighted by molar-refractivity contribution is 7.52. The maximum atomic E-state index is 11.5. The number of hydrogen-bond donors (Lipinski definition) is 2. The molecule has 0 aliphatic carbocycles. The van der Waals surface area contributed by atoms with Crippen molar-refractivity contribution in [2.75, 3.05) is 19.3 Å². The lowest BCUT2D eigenvalue weighted by Gasteiger charge is -2.10. The van der Waals surface area contributed by atoms with Crippen LogP contribution in [0.1, 0.15) is 84.0 Å². The van der Waals surface area contributed by atoms with Gasteiger partial charge in [-0.3, -0.25) is 4.57 Å². The summed E-state index contributed by atoms with van der Waals surface area (Å²) in [6, 6.07) is 0. The molecule has 0 rings (SSSR count). The number of nitrogens with two attached hydrogens (primary N) is 1. The topological polar surface area (TPSA) is 72.5 Å². The molecule has 0 aromatic heterocycles. The molecule has 128 valence electrons. The van der Waals surface area contributed by atoms with Gasteiger partial charge < -0.3 is 15.2 Å². The van der Waals surface area contributed by atoms with Crippen molar-refractivity contribution in [3.05, 3.63) is 0 Å². The standard InChI is InChI=1S/C16H36NO3P/c1-2-3-4-5-6-7-8-9-10-11-12-13-16-21(18,19)20-15-14-17/h2-17H2,1H3,(H,18,19). The monoisotopic (exact) mass is 321 g/mol. The van der Waals surface area contributed by atoms with Crippen LogP contribution in [-0.4, -0.2) is 24.2 Å². The fourth-order valence-corrected chi connectivity index (χ4v) is 3.56. The molecule has 3 N–H and O–H groups in total. The van der Waals surface area contributed by atoms with E-state index in [1.165, 1.54) is 57.8 Å². The molecule has 0 bridgehead atoms. The second-order valence-electron chi connectivity index (χ2n) is 5.87. The third-order valence-corrected chi connectivity index (χ3v) is 5.17. The molecule has 0 amide bonds. The first-order chi connectivity index (χ1) is 10.1. The van der Waals surface area contributed by atoms with Gasteiger partial charge in [0.25, 0.3) is 0 Å². The van der Waals surface area contributed by atoms with E-state index in [4.69, 9.17) is 10.3 Å². The zero-order valence-corrected chi connectivity index (χ0v) is 14.8. The number of rotatable bonds is 16. The number of hydrogen-bond acceptors (Lipinski definition) is 3. The SMILES string of the molecule is CCCCCCCCCCCCCCP(=O)(O)OCCN. The lowest BCUT2D eigenvalue weighted by Crippen LogP contribution is -2.08. The largest absolute Gasteiger partial charge is 0.328 e. The van der Waals surface area contributed by atoms with Gasteiger partial charge in [0.1, 0.15) is 0 Å². The maximum Gasteiger partial charge on any atom is 0.328 e. The van der Waals surface area contributed by atoms with Crippen LogP contribution in [0.25, 0.3) is 0 Å². The van der Waals surface area contributed by atoms with Crippen LogP contribution in [0.3, 0.4) is 0 Å². The first-order valence-electron chi connectivity index (χ1n) is 8.79. The first kappa shape index (κ1) is 21.1. The molecule has 21 heavy (non-hydrogen) atoms. The van der Waals surface area contributed by atoms with Crippen molar-refractivity contribution >= 4 is 7.60 Å². The van der Waals surface area contributed by atoms with Crippen molar-refractivity contribution in [3.63, 3.8) is 0 Å². The molecule has 0 spiro atoms. The second-order valence-corrected chi connectivity index (χ2v) is 7.85. The van der Waals surface area contributed by atoms with Crippen molar-refractivity contribution in [1.29, 1.82) is 0 Å². The summed E-state index contributed by atoms with van der Waals surface area (Å²) in [6.45, 7) is 2.72. The van der Waals surface area contributed by atoms with Crippen molar-refractivity contribution in [3.8, 4) is 0 Å². The van der Waals surface area contributed by atoms with Crippen LogP contribution in [0.2, 0.25) is 0 Å². The molecule has 0 aliphatic rings. The molecule has 4 nitrogen and oxygen atoms in total. The fourth-order valence-electron chi connectivity index (χ4n) is 2.41. The molecule has 0 aromatic rings. The summed E-state index contributed by atoms with van der Waals surface area (Å²) in [5, 5.41) is 0. The van der Waals surface area contributed by atoms with Crippen LogP contribution < -0.4 is 5.73 Å². The van der Waals surface area contributed by atoms with E-state index in [2.05, 4.69) is 6.92 Å². The zero-order chi connectivity index (χ0) is 15.8. The van der Waals surface area contributed by atoms with E-state index in [0.717, 1.165) is 19.3 Å². The van der Waals surface area contributed by atoms with E-state index in [1.54, 1.807) is 0 Å². The Morgan fingerprint density at radius 3 is 1.71 bits per heavy atom. The van der Waals surface area contributed by atoms with Crippen LogP contribution in [-0.2, 0) is 9.09 Å². The lowest BCUT2D eigenvalue weighted by atomic mass is 10.1. The van der Waals surface area contributed by atoms with Crippen molar-refractivity contribution < 1.29 is 14.0 Å². The Labute approximate surface area is 131 Å². The second kappa shape index (κ2) is 15.0. The predicted molar refractivity (Wildman–Crippen MR) is 90.8 cm³/mol. The Morgan fingerprint density at radius 1 is 0.857 bits per heavy atom. The summed E-state index contributed by atoms with van der Waals surface area (Å²) >= 11 is 0. The van der Waals surface area contributed by atoms with Gasteiger partial charge in [-0.2, -0.15) is 0 Å². The molecular weight excluding hydrogens is 285 g/mol. The minimum atomic E-state index is -3.37. The Hall–Kier alpha value is 0.110. The molecule has 0 saturated carbocycles. The van der Waals surface area contributed by atoms with E-state index in [9.17, 15) is 9.46 Å². The average molecular weight is 321 g/mol. The van der Waals surface area contributed by atoms with Gasteiger partial charge in [0.05, 0.1) is 6.61 Å². The summed E-state index contributed by atoms with van der Waals surface area (Å²) in [4.78, 5) is 9.48. The van der Waals surface area contributed by atoms with Gasteiger partial charge in [0.2, 0.25) is 0 Å². The van der Waals surface area contributed by atoms with E-state index in [-0.39, 0.29) is 12.8 Å². The highest BCUT2D eigenvalue weighted by atomic mass is 31.2. The highest BCUT2D eigenvalue weighted by Gasteiger charge is 2.17. The van der Waals surface area contributed by atoms with E-state index in [1.807, 2.05) is 0 Å². The predicted octanol–water partition coefficient (Wildman–Crippen LogP) is 4.85. The molecule has 5 heteroatoms. The summed E-state index contributed by atoms with van der Waals surface area (Å²) in [7, 11) is -3.37. The molecule has 1 atom stereocenters. The van der Waals surface area contributed by atoms with Gasteiger partial charge in [-0.15, -0.1) is 0 Å². The zero-order valence-electron chi connectivity index (χ0n) is 13.9. The molecule has 0 radical (unpaired) electrons. The lowest BCUT2D eigenvalue weighted by molar-refractivity contribution is 0.266. The minimum Gasteiger partial charge on any atom is -0.328 e. The van der Waals surface area contributed by atoms with Crippen LogP contribution in [0.5, 0.6) is 0 Å². The average Bonchev–Trinajstić information content (AvgIpc) is 2.46.